The Morgan fingerprint density at radius 1 is 0.612 bits per heavy atom. The second-order valence-corrected chi connectivity index (χ2v) is 23.1. The molecular weight excluding hydrogens is 1090 g/mol. The summed E-state index contributed by atoms with van der Waals surface area (Å²) in [6, 6.07) is 27.5. The lowest BCUT2D eigenvalue weighted by atomic mass is 10.0. The molecule has 6 heterocycles. The molecule has 2 aromatic heterocycles. The zero-order valence-electron chi connectivity index (χ0n) is 49.4. The number of carbonyl (C=O) groups excluding carboxylic acids is 2. The number of aromatic nitrogens is 4. The summed E-state index contributed by atoms with van der Waals surface area (Å²) in [5.41, 5.74) is 11.5. The van der Waals surface area contributed by atoms with E-state index in [2.05, 4.69) is 87.2 Å². The van der Waals surface area contributed by atoms with Crippen molar-refractivity contribution in [2.75, 3.05) is 117 Å². The average molecular weight is 1170 g/mol. The fourth-order valence-electron chi connectivity index (χ4n) is 11.4. The first-order chi connectivity index (χ1) is 41.1. The van der Waals surface area contributed by atoms with Crippen molar-refractivity contribution in [3.8, 4) is 11.5 Å². The number of anilines is 8. The van der Waals surface area contributed by atoms with Gasteiger partial charge in [-0.2, -0.15) is 13.2 Å². The maximum Gasteiger partial charge on any atom is 0.392 e. The third kappa shape index (κ3) is 17.2. The van der Waals surface area contributed by atoms with Crippen molar-refractivity contribution in [3.05, 3.63) is 131 Å². The van der Waals surface area contributed by atoms with Crippen LogP contribution >= 0.6 is 0 Å². The van der Waals surface area contributed by atoms with Crippen molar-refractivity contribution < 1.29 is 32.2 Å². The topological polar surface area (TPSA) is 181 Å². The largest absolute Gasteiger partial charge is 0.492 e. The SMILES string of the molecule is Cc1ccc(NC(=O)CC(C)C(F)(F)F)cc1N1CCc2nc(Nc3ccc(OCCN4CCN(C)CC4)cc3)ncc2C1.Cc1ccc(NC(=O)NC2CCCC2)cc1N1CCc2nc(Nc3ccc(OCCN4CCCC4)cc3)ncc2C1. The Labute approximate surface area is 497 Å². The lowest BCUT2D eigenvalue weighted by molar-refractivity contribution is -0.173. The first kappa shape index (κ1) is 60.4. The van der Waals surface area contributed by atoms with Crippen LogP contribution in [0, 0.1) is 19.8 Å². The Kier molecular flexibility index (Phi) is 20.2. The molecule has 3 amide bonds. The van der Waals surface area contributed by atoms with Crippen LogP contribution in [0.2, 0.25) is 0 Å². The Hall–Kier alpha value is -7.75. The van der Waals surface area contributed by atoms with Gasteiger partial charge in [0.25, 0.3) is 0 Å². The number of halogens is 3. The van der Waals surface area contributed by atoms with Gasteiger partial charge in [-0.1, -0.05) is 31.9 Å². The first-order valence-electron chi connectivity index (χ1n) is 30.1. The predicted octanol–water partition coefficient (Wildman–Crippen LogP) is 10.9. The van der Waals surface area contributed by atoms with Crippen LogP contribution in [0.3, 0.4) is 0 Å². The van der Waals surface area contributed by atoms with Gasteiger partial charge in [0.2, 0.25) is 17.8 Å². The van der Waals surface area contributed by atoms with E-state index in [1.54, 1.807) is 6.07 Å². The third-order valence-corrected chi connectivity index (χ3v) is 16.6. The zero-order chi connectivity index (χ0) is 59.3. The molecular formula is C64H81F3N14O4. The van der Waals surface area contributed by atoms with Crippen LogP contribution in [-0.2, 0) is 30.7 Å². The lowest BCUT2D eigenvalue weighted by Gasteiger charge is -2.32. The number of likely N-dealkylation sites (tertiary alicyclic amines) is 1. The molecule has 4 aliphatic heterocycles. The smallest absolute Gasteiger partial charge is 0.392 e. The summed E-state index contributed by atoms with van der Waals surface area (Å²) >= 11 is 0. The molecule has 4 aromatic carbocycles. The fourth-order valence-corrected chi connectivity index (χ4v) is 11.4. The highest BCUT2D eigenvalue weighted by Gasteiger charge is 2.37. The highest BCUT2D eigenvalue weighted by molar-refractivity contribution is 5.92. The minimum atomic E-state index is -4.40. The summed E-state index contributed by atoms with van der Waals surface area (Å²) < 4.78 is 50.5. The number of piperazine rings is 1. The molecule has 21 heteroatoms. The van der Waals surface area contributed by atoms with E-state index in [0.29, 0.717) is 56.4 Å². The summed E-state index contributed by atoms with van der Waals surface area (Å²) in [6.07, 6.45) is 7.39. The molecule has 1 atom stereocenters. The summed E-state index contributed by atoms with van der Waals surface area (Å²) in [5, 5.41) is 15.4. The quantitative estimate of drug-likeness (QED) is 0.0517. The number of nitrogens with zero attached hydrogens (tertiary/aromatic N) is 9. The molecule has 1 unspecified atom stereocenters. The molecule has 5 aliphatic rings. The van der Waals surface area contributed by atoms with Crippen LogP contribution in [0.4, 0.5) is 64.0 Å². The summed E-state index contributed by atoms with van der Waals surface area (Å²) in [4.78, 5) is 55.2. The van der Waals surface area contributed by atoms with Gasteiger partial charge in [0, 0.05) is 148 Å². The Balaban J connectivity index is 0.000000189. The maximum absolute atomic E-state index is 12.9. The van der Waals surface area contributed by atoms with Crippen molar-refractivity contribution >= 4 is 58.0 Å². The van der Waals surface area contributed by atoms with Gasteiger partial charge >= 0.3 is 12.2 Å². The number of urea groups is 1. The van der Waals surface area contributed by atoms with Gasteiger partial charge < -0.3 is 50.8 Å². The van der Waals surface area contributed by atoms with E-state index in [4.69, 9.17) is 19.4 Å². The molecule has 0 radical (unpaired) electrons. The number of alkyl halides is 3. The molecule has 5 N–H and O–H groups in total. The first-order valence-corrected chi connectivity index (χ1v) is 30.1. The standard InChI is InChI=1S/C32H40F3N7O2.C32H41N7O2/c1-22-4-5-26(37-30(43)18-23(2)32(33,34)35)19-29(22)42-11-10-28-24(21-42)20-36-31(39-28)38-25-6-8-27(9-7-25)44-17-16-41-14-12-40(3)13-15-41;1-23-8-9-27(36-32(40)35-25-6-2-3-7-25)20-30(23)39-17-14-29-24(22-39)21-33-31(37-29)34-26-10-12-28(13-11-26)41-19-18-38-15-4-5-16-38/h4-9,19-20,23H,10-18,21H2,1-3H3,(H,37,43)(H,36,38,39);8-13,20-21,25H,2-7,14-19,22H2,1H3,(H,33,34,37)(H2,35,36,40). The normalized spacial score (nSPS) is 17.0. The van der Waals surface area contributed by atoms with Gasteiger partial charge in [0.1, 0.15) is 24.7 Å². The predicted molar refractivity (Wildman–Crippen MR) is 329 cm³/mol. The third-order valence-electron chi connectivity index (χ3n) is 16.6. The summed E-state index contributed by atoms with van der Waals surface area (Å²) in [7, 11) is 2.15. The number of aryl methyl sites for hydroxylation is 2. The number of fused-ring (bicyclic) bond motifs is 2. The van der Waals surface area contributed by atoms with Gasteiger partial charge in [0.15, 0.2) is 0 Å². The molecule has 11 rings (SSSR count). The molecule has 1 aliphatic carbocycles. The van der Waals surface area contributed by atoms with Crippen molar-refractivity contribution in [1.29, 1.82) is 0 Å². The molecule has 0 spiro atoms. The van der Waals surface area contributed by atoms with Crippen molar-refractivity contribution in [3.63, 3.8) is 0 Å². The minimum Gasteiger partial charge on any atom is -0.492 e. The minimum absolute atomic E-state index is 0.121. The molecule has 0 bridgehead atoms. The molecule has 452 valence electrons. The van der Waals surface area contributed by atoms with E-state index in [1.165, 1.54) is 44.3 Å². The van der Waals surface area contributed by atoms with E-state index in [1.807, 2.05) is 86.0 Å². The van der Waals surface area contributed by atoms with Crippen molar-refractivity contribution in [2.45, 2.75) is 104 Å². The monoisotopic (exact) mass is 1170 g/mol. The second-order valence-electron chi connectivity index (χ2n) is 23.1. The number of hydrogen-bond acceptors (Lipinski definition) is 15. The number of carbonyl (C=O) groups is 2. The number of likely N-dealkylation sites (N-methyl/N-ethyl adjacent to an activating group) is 1. The van der Waals surface area contributed by atoms with Crippen molar-refractivity contribution in [1.82, 2.24) is 40.0 Å². The van der Waals surface area contributed by atoms with Gasteiger partial charge in [-0.05, 0) is 144 Å². The highest BCUT2D eigenvalue weighted by Crippen LogP contribution is 2.33. The molecule has 2 saturated heterocycles. The highest BCUT2D eigenvalue weighted by atomic mass is 19.4. The van der Waals surface area contributed by atoms with Crippen LogP contribution in [0.5, 0.6) is 11.5 Å². The number of nitrogens with one attached hydrogen (secondary N) is 5. The number of rotatable bonds is 19. The Morgan fingerprint density at radius 3 is 1.58 bits per heavy atom. The number of amides is 3. The Morgan fingerprint density at radius 2 is 1.08 bits per heavy atom. The molecule has 18 nitrogen and oxygen atoms in total. The van der Waals surface area contributed by atoms with E-state index in [9.17, 15) is 22.8 Å². The van der Waals surface area contributed by atoms with E-state index < -0.39 is 24.4 Å². The van der Waals surface area contributed by atoms with E-state index in [0.717, 1.165) is 147 Å². The molecule has 3 fully saturated rings. The number of ether oxygens (including phenoxy) is 2. The Bertz CT molecular complexity index is 3190. The molecule has 85 heavy (non-hydrogen) atoms. The van der Waals surface area contributed by atoms with Crippen LogP contribution < -0.4 is 45.9 Å². The van der Waals surface area contributed by atoms with Crippen LogP contribution in [-0.4, -0.2) is 145 Å². The van der Waals surface area contributed by atoms with E-state index in [-0.39, 0.29) is 6.03 Å². The van der Waals surface area contributed by atoms with Gasteiger partial charge in [-0.15, -0.1) is 0 Å². The van der Waals surface area contributed by atoms with Gasteiger partial charge in [0.05, 0.1) is 17.3 Å². The van der Waals surface area contributed by atoms with Gasteiger partial charge in [-0.25, -0.2) is 24.7 Å². The number of hydrogen-bond donors (Lipinski definition) is 5. The summed E-state index contributed by atoms with van der Waals surface area (Å²) in [6.45, 7) is 17.9. The fraction of sp³-hybridized carbons (Fsp3) is 0.469. The van der Waals surface area contributed by atoms with Gasteiger partial charge in [-0.3, -0.25) is 14.6 Å². The average Bonchev–Trinajstić information content (AvgIpc) is 4.38. The second kappa shape index (κ2) is 28.4. The van der Waals surface area contributed by atoms with Crippen LogP contribution in [0.1, 0.15) is 85.5 Å². The van der Waals surface area contributed by atoms with Crippen molar-refractivity contribution in [2.24, 2.45) is 5.92 Å². The summed E-state index contributed by atoms with van der Waals surface area (Å²) in [5.74, 6) is 0.466. The zero-order valence-corrected chi connectivity index (χ0v) is 49.4. The lowest BCUT2D eigenvalue weighted by Crippen LogP contribution is -2.45. The van der Waals surface area contributed by atoms with Crippen LogP contribution in [0.25, 0.3) is 0 Å². The maximum atomic E-state index is 12.9. The van der Waals surface area contributed by atoms with E-state index >= 15 is 0 Å². The molecule has 6 aromatic rings. The molecule has 1 saturated carbocycles. The van der Waals surface area contributed by atoms with Crippen LogP contribution in [0.15, 0.2) is 97.3 Å². The number of benzene rings is 4.